The Bertz CT molecular complexity index is 1040. The van der Waals surface area contributed by atoms with Gasteiger partial charge in [0.25, 0.3) is 5.91 Å². The van der Waals surface area contributed by atoms with Gasteiger partial charge in [0.05, 0.1) is 0 Å². The lowest BCUT2D eigenvalue weighted by molar-refractivity contribution is 0.100. The third kappa shape index (κ3) is 3.63. The van der Waals surface area contributed by atoms with E-state index in [4.69, 9.17) is 0 Å². The highest BCUT2D eigenvalue weighted by atomic mass is 19.1. The van der Waals surface area contributed by atoms with E-state index in [2.05, 4.69) is 25.4 Å². The Morgan fingerprint density at radius 3 is 2.76 bits per heavy atom. The fourth-order valence-corrected chi connectivity index (χ4v) is 4.42. The number of anilines is 1. The molecule has 4 heterocycles. The van der Waals surface area contributed by atoms with Crippen LogP contribution in [0.3, 0.4) is 0 Å². The Morgan fingerprint density at radius 1 is 1.10 bits per heavy atom. The minimum atomic E-state index is -0.394. The van der Waals surface area contributed by atoms with Gasteiger partial charge in [0, 0.05) is 50.7 Å². The summed E-state index contributed by atoms with van der Waals surface area (Å²) in [6.07, 6.45) is 4.46. The number of fused-ring (bicyclic) bond motifs is 2. The largest absolute Gasteiger partial charge is 0.319 e. The summed E-state index contributed by atoms with van der Waals surface area (Å²) >= 11 is 0. The number of rotatable bonds is 4. The second-order valence-corrected chi connectivity index (χ2v) is 7.79. The van der Waals surface area contributed by atoms with E-state index < -0.39 is 5.82 Å². The molecule has 148 valence electrons. The molecule has 8 heteroatoms. The molecule has 1 amide bonds. The molecule has 29 heavy (non-hydrogen) atoms. The van der Waals surface area contributed by atoms with Crippen molar-refractivity contribution < 1.29 is 9.18 Å². The summed E-state index contributed by atoms with van der Waals surface area (Å²) in [5.41, 5.74) is 1.67. The van der Waals surface area contributed by atoms with Crippen LogP contribution in [0.5, 0.6) is 0 Å². The van der Waals surface area contributed by atoms with Gasteiger partial charge in [-0.3, -0.25) is 14.7 Å². The molecule has 0 saturated carbocycles. The first kappa shape index (κ1) is 17.9. The van der Waals surface area contributed by atoms with Gasteiger partial charge in [-0.2, -0.15) is 0 Å². The smallest absolute Gasteiger partial charge is 0.293 e. The molecule has 1 fully saturated rings. The Labute approximate surface area is 167 Å². The molecule has 0 unspecified atom stereocenters. The van der Waals surface area contributed by atoms with Gasteiger partial charge in [0.1, 0.15) is 11.6 Å². The third-order valence-electron chi connectivity index (χ3n) is 5.78. The van der Waals surface area contributed by atoms with Crippen LogP contribution in [-0.2, 0) is 19.5 Å². The van der Waals surface area contributed by atoms with Crippen molar-refractivity contribution >= 4 is 11.6 Å². The van der Waals surface area contributed by atoms with Gasteiger partial charge in [-0.25, -0.2) is 4.39 Å². The van der Waals surface area contributed by atoms with Crippen molar-refractivity contribution in [1.29, 1.82) is 0 Å². The molecule has 1 aromatic carbocycles. The number of aromatic nitrogens is 4. The summed E-state index contributed by atoms with van der Waals surface area (Å²) in [7, 11) is 0. The van der Waals surface area contributed by atoms with Crippen molar-refractivity contribution in [1.82, 2.24) is 24.6 Å². The number of carbonyl (C=O) groups excluding carboxylic acids is 1. The molecular formula is C21H21FN6O. The minimum absolute atomic E-state index is 0.287. The maximum Gasteiger partial charge on any atom is 0.293 e. The van der Waals surface area contributed by atoms with Crippen LogP contribution in [0.15, 0.2) is 48.8 Å². The topological polar surface area (TPSA) is 75.9 Å². The summed E-state index contributed by atoms with van der Waals surface area (Å²) in [5.74, 6) is 1.36. The van der Waals surface area contributed by atoms with Gasteiger partial charge >= 0.3 is 0 Å². The van der Waals surface area contributed by atoms with E-state index in [1.54, 1.807) is 12.1 Å². The van der Waals surface area contributed by atoms with Gasteiger partial charge in [-0.15, -0.1) is 10.2 Å². The van der Waals surface area contributed by atoms with E-state index in [0.29, 0.717) is 17.5 Å². The van der Waals surface area contributed by atoms with Crippen LogP contribution < -0.4 is 5.32 Å². The van der Waals surface area contributed by atoms with Gasteiger partial charge in [0.15, 0.2) is 0 Å². The zero-order valence-electron chi connectivity index (χ0n) is 15.8. The van der Waals surface area contributed by atoms with E-state index in [1.807, 2.05) is 29.1 Å². The van der Waals surface area contributed by atoms with Gasteiger partial charge < -0.3 is 9.88 Å². The van der Waals surface area contributed by atoms with Crippen LogP contribution in [0.25, 0.3) is 0 Å². The predicted molar refractivity (Wildman–Crippen MR) is 105 cm³/mol. The molecule has 5 rings (SSSR count). The third-order valence-corrected chi connectivity index (χ3v) is 5.78. The number of carbonyl (C=O) groups is 1. The molecule has 0 bridgehead atoms. The normalized spacial score (nSPS) is 20.9. The Morgan fingerprint density at radius 2 is 1.93 bits per heavy atom. The molecule has 7 nitrogen and oxygen atoms in total. The monoisotopic (exact) mass is 392 g/mol. The summed E-state index contributed by atoms with van der Waals surface area (Å²) in [4.78, 5) is 19.2. The second kappa shape index (κ2) is 7.36. The zero-order valence-corrected chi connectivity index (χ0v) is 15.8. The fourth-order valence-electron chi connectivity index (χ4n) is 4.42. The van der Waals surface area contributed by atoms with Crippen LogP contribution in [0.1, 0.15) is 22.0 Å². The summed E-state index contributed by atoms with van der Waals surface area (Å²) in [6, 6.07) is 9.93. The van der Waals surface area contributed by atoms with Gasteiger partial charge in [0.2, 0.25) is 5.82 Å². The van der Waals surface area contributed by atoms with Crippen LogP contribution in [-0.4, -0.2) is 43.6 Å². The first-order valence-corrected chi connectivity index (χ1v) is 9.76. The highest BCUT2D eigenvalue weighted by Gasteiger charge is 2.39. The number of nitrogens with one attached hydrogen (secondary N) is 1. The average Bonchev–Trinajstić information content (AvgIpc) is 3.29. The number of amides is 1. The van der Waals surface area contributed by atoms with Crippen molar-refractivity contribution in [3.05, 3.63) is 71.8 Å². The number of nitrogens with zero attached hydrogens (tertiary/aromatic N) is 5. The van der Waals surface area contributed by atoms with Crippen molar-refractivity contribution in [2.45, 2.75) is 19.5 Å². The first-order chi connectivity index (χ1) is 14.2. The summed E-state index contributed by atoms with van der Waals surface area (Å²) < 4.78 is 15.3. The van der Waals surface area contributed by atoms with Crippen molar-refractivity contribution in [3.63, 3.8) is 0 Å². The molecule has 2 aliphatic heterocycles. The highest BCUT2D eigenvalue weighted by Crippen LogP contribution is 2.33. The first-order valence-electron chi connectivity index (χ1n) is 9.76. The number of benzene rings is 1. The number of hydrogen-bond donors (Lipinski definition) is 1. The number of halogens is 1. The van der Waals surface area contributed by atoms with Gasteiger partial charge in [-0.05, 0) is 47.7 Å². The number of pyridine rings is 1. The van der Waals surface area contributed by atoms with Crippen LogP contribution in [0.4, 0.5) is 10.1 Å². The van der Waals surface area contributed by atoms with E-state index in [-0.39, 0.29) is 11.7 Å². The van der Waals surface area contributed by atoms with Crippen molar-refractivity contribution in [3.8, 4) is 0 Å². The molecular weight excluding hydrogens is 371 g/mol. The van der Waals surface area contributed by atoms with Crippen LogP contribution in [0, 0.1) is 17.7 Å². The number of hydrogen-bond acceptors (Lipinski definition) is 5. The Hall–Kier alpha value is -3.13. The molecule has 2 aliphatic rings. The maximum atomic E-state index is 13.4. The SMILES string of the molecule is O=C(Nc1cccc(F)c1)c1nnc2n1C[C@H]1CN(Cc3ccncc3)C[C@@H]1C2. The van der Waals surface area contributed by atoms with E-state index in [1.165, 1.54) is 17.7 Å². The van der Waals surface area contributed by atoms with E-state index in [9.17, 15) is 9.18 Å². The maximum absolute atomic E-state index is 13.4. The lowest BCUT2D eigenvalue weighted by Crippen LogP contribution is -2.31. The standard InChI is InChI=1S/C21H21FN6O/c22-17-2-1-3-18(9-17)24-21(29)20-26-25-19-8-15-11-27(12-16(15)13-28(19)20)10-14-4-6-23-7-5-14/h1-7,9,15-16H,8,10-13H2,(H,24,29)/t15-,16+/m0/s1. The molecule has 0 aliphatic carbocycles. The molecule has 2 atom stereocenters. The van der Waals surface area contributed by atoms with Crippen molar-refractivity contribution in [2.24, 2.45) is 11.8 Å². The average molecular weight is 392 g/mol. The molecule has 1 N–H and O–H groups in total. The molecule has 0 spiro atoms. The minimum Gasteiger partial charge on any atom is -0.319 e. The lowest BCUT2D eigenvalue weighted by atomic mass is 9.89. The van der Waals surface area contributed by atoms with Crippen LogP contribution in [0.2, 0.25) is 0 Å². The van der Waals surface area contributed by atoms with E-state index >= 15 is 0 Å². The highest BCUT2D eigenvalue weighted by molar-refractivity contribution is 6.01. The quantitative estimate of drug-likeness (QED) is 0.738. The van der Waals surface area contributed by atoms with Crippen LogP contribution >= 0.6 is 0 Å². The molecule has 0 radical (unpaired) electrons. The second-order valence-electron chi connectivity index (χ2n) is 7.79. The number of likely N-dealkylation sites (tertiary alicyclic amines) is 1. The Balaban J connectivity index is 1.29. The summed E-state index contributed by atoms with van der Waals surface area (Å²) in [5, 5.41) is 11.1. The predicted octanol–water partition coefficient (Wildman–Crippen LogP) is 2.37. The van der Waals surface area contributed by atoms with E-state index in [0.717, 1.165) is 38.4 Å². The van der Waals surface area contributed by atoms with Crippen molar-refractivity contribution in [2.75, 3.05) is 18.4 Å². The lowest BCUT2D eigenvalue weighted by Gasteiger charge is -2.25. The Kier molecular flexibility index (Phi) is 4.55. The summed E-state index contributed by atoms with van der Waals surface area (Å²) in [6.45, 7) is 3.63. The molecule has 2 aromatic heterocycles. The zero-order chi connectivity index (χ0) is 19.8. The van der Waals surface area contributed by atoms with Gasteiger partial charge in [-0.1, -0.05) is 6.07 Å². The molecule has 1 saturated heterocycles. The molecule has 3 aromatic rings. The fraction of sp³-hybridized carbons (Fsp3) is 0.333.